The Labute approximate surface area is 117 Å². The fraction of sp³-hybridized carbons (Fsp3) is 0.250. The lowest BCUT2D eigenvalue weighted by atomic mass is 10.2. The van der Waals surface area contributed by atoms with Crippen LogP contribution in [0.1, 0.15) is 11.3 Å². The lowest BCUT2D eigenvalue weighted by Crippen LogP contribution is -2.24. The average Bonchev–Trinajstić information content (AvgIpc) is 2.97. The molecule has 1 aromatic heterocycles. The van der Waals surface area contributed by atoms with E-state index >= 15 is 0 Å². The molecule has 108 valence electrons. The Morgan fingerprint density at radius 1 is 1.45 bits per heavy atom. The zero-order chi connectivity index (χ0) is 14.6. The van der Waals surface area contributed by atoms with E-state index in [-0.39, 0.29) is 17.2 Å². The monoisotopic (exact) mass is 296 g/mol. The molecule has 1 aromatic carbocycles. The summed E-state index contributed by atoms with van der Waals surface area (Å²) in [6.45, 7) is 0.447. The second kappa shape index (κ2) is 6.04. The Morgan fingerprint density at radius 3 is 2.85 bits per heavy atom. The van der Waals surface area contributed by atoms with Crippen LogP contribution in [0, 0.1) is 0 Å². The molecule has 0 amide bonds. The van der Waals surface area contributed by atoms with Gasteiger partial charge < -0.3 is 15.5 Å². The Bertz CT molecular complexity index is 668. The summed E-state index contributed by atoms with van der Waals surface area (Å²) in [4.78, 5) is 6.73. The number of aromatic amines is 1. The summed E-state index contributed by atoms with van der Waals surface area (Å²) in [5.74, 6) is 0.269. The molecule has 8 heteroatoms. The van der Waals surface area contributed by atoms with Crippen molar-refractivity contribution in [3.8, 4) is 5.75 Å². The number of imidazole rings is 1. The predicted octanol–water partition coefficient (Wildman–Crippen LogP) is 0.355. The number of benzene rings is 1. The molecular formula is C12H16N4O3S. The molecule has 0 bridgehead atoms. The number of sulfonamides is 1. The van der Waals surface area contributed by atoms with E-state index in [9.17, 15) is 8.42 Å². The van der Waals surface area contributed by atoms with Crippen molar-refractivity contribution in [3.63, 3.8) is 0 Å². The number of hydrogen-bond donors (Lipinski definition) is 3. The van der Waals surface area contributed by atoms with E-state index in [4.69, 9.17) is 10.5 Å². The minimum atomic E-state index is -3.67. The van der Waals surface area contributed by atoms with Crippen LogP contribution < -0.4 is 15.2 Å². The molecule has 0 atom stereocenters. The van der Waals surface area contributed by atoms with E-state index in [0.29, 0.717) is 12.2 Å². The average molecular weight is 296 g/mol. The first-order valence-electron chi connectivity index (χ1n) is 5.90. The summed E-state index contributed by atoms with van der Waals surface area (Å²) in [6, 6.07) is 4.76. The number of methoxy groups -OCH3 is 1. The topological polar surface area (TPSA) is 110 Å². The highest BCUT2D eigenvalue weighted by Crippen LogP contribution is 2.24. The van der Waals surface area contributed by atoms with Crippen molar-refractivity contribution in [2.45, 2.75) is 18.0 Å². The van der Waals surface area contributed by atoms with Crippen LogP contribution in [0.4, 0.5) is 0 Å². The first kappa shape index (κ1) is 14.5. The van der Waals surface area contributed by atoms with Crippen molar-refractivity contribution in [1.29, 1.82) is 0 Å². The van der Waals surface area contributed by atoms with Crippen LogP contribution in [0.5, 0.6) is 5.75 Å². The number of ether oxygens (including phenoxy) is 1. The standard InChI is InChI=1S/C12H16N4O3S/c1-19-11-4-9(5-13)2-3-12(11)20(17,18)16-7-10-6-14-8-15-10/h2-4,6,8,16H,5,7,13H2,1H3,(H,14,15). The molecule has 1 heterocycles. The second-order valence-electron chi connectivity index (χ2n) is 4.09. The Kier molecular flexibility index (Phi) is 4.38. The van der Waals surface area contributed by atoms with Gasteiger partial charge in [-0.1, -0.05) is 6.07 Å². The molecule has 0 unspecified atom stereocenters. The minimum Gasteiger partial charge on any atom is -0.495 e. The minimum absolute atomic E-state index is 0.0803. The van der Waals surface area contributed by atoms with Gasteiger partial charge in [0.25, 0.3) is 0 Å². The molecule has 0 radical (unpaired) electrons. The third-order valence-electron chi connectivity index (χ3n) is 2.76. The first-order valence-corrected chi connectivity index (χ1v) is 7.39. The molecule has 0 saturated heterocycles. The number of aromatic nitrogens is 2. The van der Waals surface area contributed by atoms with Crippen molar-refractivity contribution in [2.75, 3.05) is 7.11 Å². The fourth-order valence-corrected chi connectivity index (χ4v) is 2.85. The number of nitrogens with two attached hydrogens (primary N) is 1. The van der Waals surface area contributed by atoms with Crippen LogP contribution in [-0.2, 0) is 23.1 Å². The predicted molar refractivity (Wildman–Crippen MR) is 73.5 cm³/mol. The number of nitrogens with one attached hydrogen (secondary N) is 2. The highest BCUT2D eigenvalue weighted by Gasteiger charge is 2.19. The van der Waals surface area contributed by atoms with Crippen molar-refractivity contribution in [3.05, 3.63) is 42.0 Å². The van der Waals surface area contributed by atoms with Gasteiger partial charge in [0.15, 0.2) is 0 Å². The number of rotatable bonds is 6. The Balaban J connectivity index is 2.24. The molecule has 7 nitrogen and oxygen atoms in total. The third kappa shape index (κ3) is 3.16. The zero-order valence-electron chi connectivity index (χ0n) is 11.0. The number of H-pyrrole nitrogens is 1. The summed E-state index contributed by atoms with van der Waals surface area (Å²) in [5.41, 5.74) is 7.00. The summed E-state index contributed by atoms with van der Waals surface area (Å²) < 4.78 is 32.1. The van der Waals surface area contributed by atoms with Crippen LogP contribution in [-0.4, -0.2) is 25.5 Å². The van der Waals surface area contributed by atoms with Crippen LogP contribution in [0.15, 0.2) is 35.6 Å². The summed E-state index contributed by atoms with van der Waals surface area (Å²) in [7, 11) is -2.25. The van der Waals surface area contributed by atoms with Gasteiger partial charge >= 0.3 is 0 Å². The lowest BCUT2D eigenvalue weighted by molar-refractivity contribution is 0.401. The van der Waals surface area contributed by atoms with Crippen LogP contribution in [0.3, 0.4) is 0 Å². The van der Waals surface area contributed by atoms with Crippen molar-refractivity contribution in [1.82, 2.24) is 14.7 Å². The largest absolute Gasteiger partial charge is 0.495 e. The van der Waals surface area contributed by atoms with E-state index in [1.54, 1.807) is 18.3 Å². The molecule has 20 heavy (non-hydrogen) atoms. The zero-order valence-corrected chi connectivity index (χ0v) is 11.8. The normalized spacial score (nSPS) is 11.5. The van der Waals surface area contributed by atoms with Gasteiger partial charge in [0, 0.05) is 18.4 Å². The van der Waals surface area contributed by atoms with Crippen molar-refractivity contribution >= 4 is 10.0 Å². The lowest BCUT2D eigenvalue weighted by Gasteiger charge is -2.11. The summed E-state index contributed by atoms with van der Waals surface area (Å²) in [5, 5.41) is 0. The molecule has 4 N–H and O–H groups in total. The maximum absolute atomic E-state index is 12.3. The molecule has 2 rings (SSSR count). The van der Waals surface area contributed by atoms with E-state index in [0.717, 1.165) is 5.56 Å². The SMILES string of the molecule is COc1cc(CN)ccc1S(=O)(=O)NCc1cnc[nH]1. The molecule has 0 aliphatic heterocycles. The maximum atomic E-state index is 12.3. The van der Waals surface area contributed by atoms with Crippen molar-refractivity contribution in [2.24, 2.45) is 5.73 Å². The maximum Gasteiger partial charge on any atom is 0.244 e. The third-order valence-corrected chi connectivity index (χ3v) is 4.20. The highest BCUT2D eigenvalue weighted by atomic mass is 32.2. The van der Waals surface area contributed by atoms with E-state index in [2.05, 4.69) is 14.7 Å². The Hall–Kier alpha value is -1.90. The second-order valence-corrected chi connectivity index (χ2v) is 5.83. The quantitative estimate of drug-likeness (QED) is 0.712. The van der Waals surface area contributed by atoms with E-state index < -0.39 is 10.0 Å². The molecule has 0 fully saturated rings. The van der Waals surface area contributed by atoms with Gasteiger partial charge in [0.2, 0.25) is 10.0 Å². The molecule has 0 spiro atoms. The highest BCUT2D eigenvalue weighted by molar-refractivity contribution is 7.89. The van der Waals surface area contributed by atoms with E-state index in [1.165, 1.54) is 19.5 Å². The van der Waals surface area contributed by atoms with Gasteiger partial charge in [0.05, 0.1) is 20.0 Å². The molecular weight excluding hydrogens is 280 g/mol. The fourth-order valence-electron chi connectivity index (χ4n) is 1.69. The molecule has 0 aliphatic rings. The first-order chi connectivity index (χ1) is 9.56. The molecule has 0 aliphatic carbocycles. The number of nitrogens with zero attached hydrogens (tertiary/aromatic N) is 1. The Morgan fingerprint density at radius 2 is 2.25 bits per heavy atom. The number of hydrogen-bond acceptors (Lipinski definition) is 5. The van der Waals surface area contributed by atoms with Crippen LogP contribution in [0.25, 0.3) is 0 Å². The van der Waals surface area contributed by atoms with Gasteiger partial charge in [-0.2, -0.15) is 0 Å². The van der Waals surface area contributed by atoms with Gasteiger partial charge in [-0.05, 0) is 17.7 Å². The smallest absolute Gasteiger partial charge is 0.244 e. The van der Waals surface area contributed by atoms with Crippen LogP contribution in [0.2, 0.25) is 0 Å². The summed E-state index contributed by atoms with van der Waals surface area (Å²) in [6.07, 6.45) is 3.04. The molecule has 2 aromatic rings. The van der Waals surface area contributed by atoms with Crippen LogP contribution >= 0.6 is 0 Å². The summed E-state index contributed by atoms with van der Waals surface area (Å²) >= 11 is 0. The molecule has 0 saturated carbocycles. The van der Waals surface area contributed by atoms with Crippen molar-refractivity contribution < 1.29 is 13.2 Å². The van der Waals surface area contributed by atoms with E-state index in [1.807, 2.05) is 0 Å². The van der Waals surface area contributed by atoms with Gasteiger partial charge in [0.1, 0.15) is 10.6 Å². The van der Waals surface area contributed by atoms with Gasteiger partial charge in [-0.3, -0.25) is 0 Å². The van der Waals surface area contributed by atoms with Gasteiger partial charge in [-0.15, -0.1) is 0 Å². The van der Waals surface area contributed by atoms with Gasteiger partial charge in [-0.25, -0.2) is 18.1 Å².